The van der Waals surface area contributed by atoms with Gasteiger partial charge in [0.1, 0.15) is 5.75 Å². The molecular formula is C16H16N2O3S. The fraction of sp³-hybridized carbons (Fsp3) is 0.125. The zero-order chi connectivity index (χ0) is 15.8. The number of amides is 3. The molecule has 0 aliphatic carbocycles. The fourth-order valence-corrected chi connectivity index (χ4v) is 2.37. The molecule has 2 aromatic carbocycles. The third-order valence-corrected chi connectivity index (χ3v) is 3.73. The monoisotopic (exact) mass is 316 g/mol. The van der Waals surface area contributed by atoms with Gasteiger partial charge in [0, 0.05) is 10.6 Å². The SMILES string of the molecule is COc1ccc(SCC(=O)NC(=O)Nc2ccccc2)cc1. The highest BCUT2D eigenvalue weighted by Gasteiger charge is 2.08. The Morgan fingerprint density at radius 3 is 2.36 bits per heavy atom. The summed E-state index contributed by atoms with van der Waals surface area (Å²) in [6, 6.07) is 15.8. The van der Waals surface area contributed by atoms with Gasteiger partial charge in [0.2, 0.25) is 5.91 Å². The summed E-state index contributed by atoms with van der Waals surface area (Å²) in [6.45, 7) is 0. The molecule has 2 rings (SSSR count). The van der Waals surface area contributed by atoms with E-state index in [-0.39, 0.29) is 11.7 Å². The molecule has 2 aromatic rings. The summed E-state index contributed by atoms with van der Waals surface area (Å²) in [5, 5.41) is 4.88. The quantitative estimate of drug-likeness (QED) is 0.832. The van der Waals surface area contributed by atoms with Crippen LogP contribution in [0.25, 0.3) is 0 Å². The van der Waals surface area contributed by atoms with Gasteiger partial charge in [-0.1, -0.05) is 18.2 Å². The van der Waals surface area contributed by atoms with Crippen LogP contribution in [0.5, 0.6) is 5.75 Å². The molecule has 0 radical (unpaired) electrons. The van der Waals surface area contributed by atoms with Gasteiger partial charge in [0.05, 0.1) is 12.9 Å². The maximum atomic E-state index is 11.7. The number of hydrogen-bond donors (Lipinski definition) is 2. The van der Waals surface area contributed by atoms with Crippen LogP contribution in [0, 0.1) is 0 Å². The van der Waals surface area contributed by atoms with Gasteiger partial charge in [-0.25, -0.2) is 4.79 Å². The lowest BCUT2D eigenvalue weighted by atomic mass is 10.3. The Hall–Kier alpha value is -2.47. The number of rotatable bonds is 5. The van der Waals surface area contributed by atoms with Crippen LogP contribution >= 0.6 is 11.8 Å². The molecule has 3 amide bonds. The number of nitrogens with one attached hydrogen (secondary N) is 2. The van der Waals surface area contributed by atoms with Crippen molar-refractivity contribution in [2.75, 3.05) is 18.2 Å². The molecule has 0 saturated heterocycles. The van der Waals surface area contributed by atoms with Crippen molar-refractivity contribution in [2.24, 2.45) is 0 Å². The second-order valence-electron chi connectivity index (χ2n) is 4.33. The van der Waals surface area contributed by atoms with Gasteiger partial charge in [0.25, 0.3) is 0 Å². The standard InChI is InChI=1S/C16H16N2O3S/c1-21-13-7-9-14(10-8-13)22-11-15(19)18-16(20)17-12-5-3-2-4-6-12/h2-10H,11H2,1H3,(H2,17,18,19,20). The number of imide groups is 1. The average Bonchev–Trinajstić information content (AvgIpc) is 2.54. The lowest BCUT2D eigenvalue weighted by molar-refractivity contribution is -0.117. The second-order valence-corrected chi connectivity index (χ2v) is 5.38. The molecule has 0 fully saturated rings. The molecule has 0 aliphatic rings. The number of hydrogen-bond acceptors (Lipinski definition) is 4. The largest absolute Gasteiger partial charge is 0.497 e. The minimum absolute atomic E-state index is 0.161. The van der Waals surface area contributed by atoms with E-state index in [0.29, 0.717) is 5.69 Å². The highest BCUT2D eigenvalue weighted by molar-refractivity contribution is 8.00. The van der Waals surface area contributed by atoms with E-state index < -0.39 is 6.03 Å². The number of ether oxygens (including phenoxy) is 1. The van der Waals surface area contributed by atoms with E-state index >= 15 is 0 Å². The Morgan fingerprint density at radius 2 is 1.73 bits per heavy atom. The molecule has 0 spiro atoms. The maximum Gasteiger partial charge on any atom is 0.325 e. The molecule has 5 nitrogen and oxygen atoms in total. The van der Waals surface area contributed by atoms with Crippen molar-refractivity contribution in [3.8, 4) is 5.75 Å². The predicted octanol–water partition coefficient (Wildman–Crippen LogP) is 3.14. The lowest BCUT2D eigenvalue weighted by Gasteiger charge is -2.07. The molecule has 114 valence electrons. The predicted molar refractivity (Wildman–Crippen MR) is 87.3 cm³/mol. The van der Waals surface area contributed by atoms with Crippen LogP contribution in [-0.2, 0) is 4.79 Å². The first-order chi connectivity index (χ1) is 10.7. The Morgan fingerprint density at radius 1 is 1.05 bits per heavy atom. The zero-order valence-corrected chi connectivity index (χ0v) is 12.9. The van der Waals surface area contributed by atoms with Gasteiger partial charge in [-0.2, -0.15) is 0 Å². The highest BCUT2D eigenvalue weighted by Crippen LogP contribution is 2.20. The second kappa shape index (κ2) is 8.09. The zero-order valence-electron chi connectivity index (χ0n) is 12.0. The van der Waals surface area contributed by atoms with Gasteiger partial charge in [-0.15, -0.1) is 11.8 Å². The maximum absolute atomic E-state index is 11.7. The minimum atomic E-state index is -0.536. The summed E-state index contributed by atoms with van der Waals surface area (Å²) in [7, 11) is 1.60. The normalized spacial score (nSPS) is 9.86. The van der Waals surface area contributed by atoms with E-state index in [1.807, 2.05) is 30.3 Å². The molecule has 0 aromatic heterocycles. The van der Waals surface area contributed by atoms with Crippen LogP contribution in [0.2, 0.25) is 0 Å². The number of thioether (sulfide) groups is 1. The number of urea groups is 1. The summed E-state index contributed by atoms with van der Waals surface area (Å²) < 4.78 is 5.06. The number of methoxy groups -OCH3 is 1. The fourth-order valence-electron chi connectivity index (χ4n) is 1.67. The summed E-state index contributed by atoms with van der Waals surface area (Å²) >= 11 is 1.35. The molecule has 6 heteroatoms. The first-order valence-electron chi connectivity index (χ1n) is 6.60. The van der Waals surface area contributed by atoms with E-state index in [0.717, 1.165) is 10.6 Å². The van der Waals surface area contributed by atoms with Crippen LogP contribution in [0.15, 0.2) is 59.5 Å². The summed E-state index contributed by atoms with van der Waals surface area (Å²) in [4.78, 5) is 24.3. The van der Waals surface area contributed by atoms with Crippen LogP contribution in [0.4, 0.5) is 10.5 Å². The van der Waals surface area contributed by atoms with Crippen LogP contribution in [0.1, 0.15) is 0 Å². The number of carbonyl (C=O) groups excluding carboxylic acids is 2. The van der Waals surface area contributed by atoms with Crippen LogP contribution < -0.4 is 15.4 Å². The lowest BCUT2D eigenvalue weighted by Crippen LogP contribution is -2.35. The van der Waals surface area contributed by atoms with Crippen molar-refractivity contribution in [3.63, 3.8) is 0 Å². The van der Waals surface area contributed by atoms with Crippen molar-refractivity contribution >= 4 is 29.4 Å². The Labute approximate surface area is 133 Å². The third-order valence-electron chi connectivity index (χ3n) is 2.71. The molecule has 0 atom stereocenters. The molecule has 0 heterocycles. The van der Waals surface area contributed by atoms with Crippen LogP contribution in [-0.4, -0.2) is 24.8 Å². The molecule has 0 unspecified atom stereocenters. The summed E-state index contributed by atoms with van der Waals surface area (Å²) in [5.41, 5.74) is 0.635. The van der Waals surface area contributed by atoms with E-state index in [1.54, 1.807) is 31.4 Å². The van der Waals surface area contributed by atoms with Crippen molar-refractivity contribution in [1.82, 2.24) is 5.32 Å². The first kappa shape index (κ1) is 15.9. The van der Waals surface area contributed by atoms with Crippen molar-refractivity contribution < 1.29 is 14.3 Å². The molecule has 22 heavy (non-hydrogen) atoms. The Bertz CT molecular complexity index is 630. The van der Waals surface area contributed by atoms with Crippen molar-refractivity contribution in [1.29, 1.82) is 0 Å². The number of para-hydroxylation sites is 1. The molecule has 0 saturated carbocycles. The van der Waals surface area contributed by atoms with E-state index in [1.165, 1.54) is 11.8 Å². The molecular weight excluding hydrogens is 300 g/mol. The van der Waals surface area contributed by atoms with Gasteiger partial charge in [0.15, 0.2) is 0 Å². The van der Waals surface area contributed by atoms with Crippen LogP contribution in [0.3, 0.4) is 0 Å². The smallest absolute Gasteiger partial charge is 0.325 e. The number of benzene rings is 2. The summed E-state index contributed by atoms with van der Waals surface area (Å²) in [5.74, 6) is 0.569. The molecule has 0 aliphatic heterocycles. The van der Waals surface area contributed by atoms with E-state index in [2.05, 4.69) is 10.6 Å². The first-order valence-corrected chi connectivity index (χ1v) is 7.58. The third kappa shape index (κ3) is 5.14. The molecule has 0 bridgehead atoms. The van der Waals surface area contributed by atoms with Gasteiger partial charge in [-0.3, -0.25) is 10.1 Å². The highest BCUT2D eigenvalue weighted by atomic mass is 32.2. The average molecular weight is 316 g/mol. The van der Waals surface area contributed by atoms with Gasteiger partial charge >= 0.3 is 6.03 Å². The minimum Gasteiger partial charge on any atom is -0.497 e. The Kier molecular flexibility index (Phi) is 5.85. The Balaban J connectivity index is 1.76. The summed E-state index contributed by atoms with van der Waals surface area (Å²) in [6.07, 6.45) is 0. The van der Waals surface area contributed by atoms with Crippen molar-refractivity contribution in [3.05, 3.63) is 54.6 Å². The van der Waals surface area contributed by atoms with Gasteiger partial charge < -0.3 is 10.1 Å². The van der Waals surface area contributed by atoms with Gasteiger partial charge in [-0.05, 0) is 36.4 Å². The van der Waals surface area contributed by atoms with Crippen molar-refractivity contribution in [2.45, 2.75) is 4.90 Å². The van der Waals surface area contributed by atoms with E-state index in [9.17, 15) is 9.59 Å². The number of anilines is 1. The topological polar surface area (TPSA) is 67.4 Å². The number of carbonyl (C=O) groups is 2. The molecule has 2 N–H and O–H groups in total. The van der Waals surface area contributed by atoms with E-state index in [4.69, 9.17) is 4.74 Å².